The zero-order valence-electron chi connectivity index (χ0n) is 6.62. The summed E-state index contributed by atoms with van der Waals surface area (Å²) < 4.78 is 0. The van der Waals surface area contributed by atoms with E-state index in [0.717, 1.165) is 0 Å². The lowest BCUT2D eigenvalue weighted by atomic mass is 9.93. The highest BCUT2D eigenvalue weighted by Crippen LogP contribution is 2.17. The van der Waals surface area contributed by atoms with Crippen LogP contribution in [0.3, 0.4) is 0 Å². The van der Waals surface area contributed by atoms with E-state index in [1.807, 2.05) is 0 Å². The van der Waals surface area contributed by atoms with Crippen LogP contribution in [0.1, 0.15) is 13.8 Å². The van der Waals surface area contributed by atoms with Gasteiger partial charge in [0, 0.05) is 12.0 Å². The topological polar surface area (TPSA) is 26.0 Å². The molecule has 0 spiro atoms. The van der Waals surface area contributed by atoms with Crippen LogP contribution in [0.5, 0.6) is 0 Å². The van der Waals surface area contributed by atoms with E-state index in [1.165, 1.54) is 0 Å². The molecule has 10 heavy (non-hydrogen) atoms. The summed E-state index contributed by atoms with van der Waals surface area (Å²) >= 11 is 0. The molecule has 0 aromatic heterocycles. The van der Waals surface area contributed by atoms with Crippen LogP contribution in [0, 0.1) is 11.8 Å². The van der Waals surface area contributed by atoms with E-state index in [1.54, 1.807) is 0 Å². The normalized spacial score (nSPS) is 20.8. The fraction of sp³-hybridized carbons (Fsp3) is 0.556. The Hall–Kier alpha value is -0.560. The first kappa shape index (κ1) is 7.55. The molecule has 0 radical (unpaired) electrons. The number of hydrogen-bond donors (Lipinski definition) is 1. The van der Waals surface area contributed by atoms with Gasteiger partial charge in [-0.3, -0.25) is 0 Å². The Balaban J connectivity index is 2.49. The van der Waals surface area contributed by atoms with Crippen LogP contribution in [0.15, 0.2) is 24.3 Å². The maximum atomic E-state index is 5.92. The summed E-state index contributed by atoms with van der Waals surface area (Å²) in [5.74, 6) is 1.04. The Morgan fingerprint density at radius 1 is 1.20 bits per heavy atom. The SMILES string of the molecule is CC(C)C(N)C1C=CC=C1. The van der Waals surface area contributed by atoms with E-state index >= 15 is 0 Å². The van der Waals surface area contributed by atoms with Gasteiger partial charge in [-0.05, 0) is 5.92 Å². The molecule has 2 N–H and O–H groups in total. The van der Waals surface area contributed by atoms with Crippen molar-refractivity contribution in [1.29, 1.82) is 0 Å². The summed E-state index contributed by atoms with van der Waals surface area (Å²) in [4.78, 5) is 0. The van der Waals surface area contributed by atoms with E-state index in [2.05, 4.69) is 38.2 Å². The fourth-order valence-corrected chi connectivity index (χ4v) is 1.15. The van der Waals surface area contributed by atoms with E-state index in [-0.39, 0.29) is 6.04 Å². The second-order valence-electron chi connectivity index (χ2n) is 3.17. The van der Waals surface area contributed by atoms with Gasteiger partial charge in [-0.15, -0.1) is 0 Å². The standard InChI is InChI=1S/C9H15N/c1-7(2)9(10)8-5-3-4-6-8/h3-9H,10H2,1-2H3. The number of allylic oxidation sites excluding steroid dienone is 2. The Morgan fingerprint density at radius 2 is 1.70 bits per heavy atom. The van der Waals surface area contributed by atoms with E-state index in [4.69, 9.17) is 5.73 Å². The lowest BCUT2D eigenvalue weighted by molar-refractivity contribution is 0.443. The fourth-order valence-electron chi connectivity index (χ4n) is 1.15. The quantitative estimate of drug-likeness (QED) is 0.616. The Bertz CT molecular complexity index is 144. The molecule has 0 aromatic rings. The highest BCUT2D eigenvalue weighted by molar-refractivity contribution is 5.19. The van der Waals surface area contributed by atoms with Gasteiger partial charge in [0.25, 0.3) is 0 Å². The van der Waals surface area contributed by atoms with Gasteiger partial charge < -0.3 is 5.73 Å². The van der Waals surface area contributed by atoms with Crippen LogP contribution in [0.2, 0.25) is 0 Å². The van der Waals surface area contributed by atoms with Crippen molar-refractivity contribution in [3.63, 3.8) is 0 Å². The number of hydrogen-bond acceptors (Lipinski definition) is 1. The first-order valence-electron chi connectivity index (χ1n) is 3.82. The van der Waals surface area contributed by atoms with Gasteiger partial charge in [0.1, 0.15) is 0 Å². The van der Waals surface area contributed by atoms with Gasteiger partial charge in [-0.2, -0.15) is 0 Å². The van der Waals surface area contributed by atoms with Crippen LogP contribution in [-0.4, -0.2) is 6.04 Å². The minimum atomic E-state index is 0.287. The molecule has 1 nitrogen and oxygen atoms in total. The third-order valence-electron chi connectivity index (χ3n) is 1.99. The monoisotopic (exact) mass is 137 g/mol. The maximum Gasteiger partial charge on any atom is 0.0160 e. The van der Waals surface area contributed by atoms with Crippen molar-refractivity contribution in [2.45, 2.75) is 19.9 Å². The van der Waals surface area contributed by atoms with Crippen molar-refractivity contribution in [2.75, 3.05) is 0 Å². The van der Waals surface area contributed by atoms with E-state index < -0.39 is 0 Å². The smallest absolute Gasteiger partial charge is 0.0160 e. The highest BCUT2D eigenvalue weighted by atomic mass is 14.7. The molecule has 0 fully saturated rings. The molecule has 1 aliphatic carbocycles. The Morgan fingerprint density at radius 3 is 2.10 bits per heavy atom. The van der Waals surface area contributed by atoms with Crippen molar-refractivity contribution in [3.8, 4) is 0 Å². The van der Waals surface area contributed by atoms with E-state index in [9.17, 15) is 0 Å². The summed E-state index contributed by atoms with van der Waals surface area (Å²) in [5, 5.41) is 0. The molecule has 56 valence electrons. The first-order valence-corrected chi connectivity index (χ1v) is 3.82. The zero-order chi connectivity index (χ0) is 7.56. The van der Waals surface area contributed by atoms with Crippen LogP contribution < -0.4 is 5.73 Å². The van der Waals surface area contributed by atoms with Crippen molar-refractivity contribution >= 4 is 0 Å². The molecule has 0 heterocycles. The van der Waals surface area contributed by atoms with Gasteiger partial charge in [-0.25, -0.2) is 0 Å². The van der Waals surface area contributed by atoms with Crippen LogP contribution in [0.25, 0.3) is 0 Å². The lowest BCUT2D eigenvalue weighted by Crippen LogP contribution is -2.32. The summed E-state index contributed by atoms with van der Waals surface area (Å²) in [6.07, 6.45) is 8.44. The second-order valence-corrected chi connectivity index (χ2v) is 3.17. The van der Waals surface area contributed by atoms with Gasteiger partial charge in [-0.1, -0.05) is 38.2 Å². The molecule has 0 amide bonds. The van der Waals surface area contributed by atoms with Crippen molar-refractivity contribution in [3.05, 3.63) is 24.3 Å². The summed E-state index contributed by atoms with van der Waals surface area (Å²) in [5.41, 5.74) is 5.92. The average molecular weight is 137 g/mol. The van der Waals surface area contributed by atoms with Crippen LogP contribution >= 0.6 is 0 Å². The first-order chi connectivity index (χ1) is 4.72. The molecule has 0 aliphatic heterocycles. The summed E-state index contributed by atoms with van der Waals surface area (Å²) in [6.45, 7) is 4.31. The molecule has 0 saturated carbocycles. The predicted octanol–water partition coefficient (Wildman–Crippen LogP) is 1.71. The predicted molar refractivity (Wildman–Crippen MR) is 44.6 cm³/mol. The summed E-state index contributed by atoms with van der Waals surface area (Å²) in [6, 6.07) is 0.287. The molecule has 1 aliphatic rings. The zero-order valence-corrected chi connectivity index (χ0v) is 6.62. The molecule has 0 saturated heterocycles. The minimum Gasteiger partial charge on any atom is -0.327 e. The number of nitrogens with two attached hydrogens (primary N) is 1. The third kappa shape index (κ3) is 1.48. The average Bonchev–Trinajstić information content (AvgIpc) is 2.36. The Labute approximate surface area is 62.6 Å². The minimum absolute atomic E-state index is 0.287. The summed E-state index contributed by atoms with van der Waals surface area (Å²) in [7, 11) is 0. The highest BCUT2D eigenvalue weighted by Gasteiger charge is 2.16. The number of rotatable bonds is 2. The van der Waals surface area contributed by atoms with Crippen LogP contribution in [-0.2, 0) is 0 Å². The molecule has 0 aromatic carbocycles. The molecule has 1 rings (SSSR count). The van der Waals surface area contributed by atoms with Crippen molar-refractivity contribution in [2.24, 2.45) is 17.6 Å². The van der Waals surface area contributed by atoms with Gasteiger partial charge in [0.2, 0.25) is 0 Å². The maximum absolute atomic E-state index is 5.92. The molecular weight excluding hydrogens is 122 g/mol. The van der Waals surface area contributed by atoms with E-state index in [0.29, 0.717) is 11.8 Å². The van der Waals surface area contributed by atoms with Crippen molar-refractivity contribution < 1.29 is 0 Å². The molecular formula is C9H15N. The third-order valence-corrected chi connectivity index (χ3v) is 1.99. The Kier molecular flexibility index (Phi) is 2.28. The largest absolute Gasteiger partial charge is 0.327 e. The van der Waals surface area contributed by atoms with Crippen LogP contribution in [0.4, 0.5) is 0 Å². The van der Waals surface area contributed by atoms with Gasteiger partial charge in [0.15, 0.2) is 0 Å². The van der Waals surface area contributed by atoms with Crippen molar-refractivity contribution in [1.82, 2.24) is 0 Å². The second kappa shape index (κ2) is 3.02. The lowest BCUT2D eigenvalue weighted by Gasteiger charge is -2.19. The molecule has 1 unspecified atom stereocenters. The molecule has 1 heteroatoms. The molecule has 0 bridgehead atoms. The van der Waals surface area contributed by atoms with Gasteiger partial charge in [0.05, 0.1) is 0 Å². The van der Waals surface area contributed by atoms with Gasteiger partial charge >= 0.3 is 0 Å². The molecule has 1 atom stereocenters.